The zero-order chi connectivity index (χ0) is 17.5. The summed E-state index contributed by atoms with van der Waals surface area (Å²) in [5.74, 6) is -2.45. The van der Waals surface area contributed by atoms with Crippen LogP contribution in [0.1, 0.15) is 23.7 Å². The van der Waals surface area contributed by atoms with Crippen LogP contribution < -0.4 is 0 Å². The summed E-state index contributed by atoms with van der Waals surface area (Å²) in [5.41, 5.74) is -2.14. The molecule has 1 aromatic carbocycles. The number of β-amino-alcohol motifs (C(OH)–C–C–N with tert-alkyl or cyclic N) is 1. The topological polar surface area (TPSA) is 96.5 Å². The number of halogens is 2. The van der Waals surface area contributed by atoms with Crippen molar-refractivity contribution in [3.05, 3.63) is 47.1 Å². The largest absolute Gasteiger partial charge is 0.379 e. The summed E-state index contributed by atoms with van der Waals surface area (Å²) in [6, 6.07) is 3.15. The number of hydrogen-bond acceptors (Lipinski definition) is 6. The van der Waals surface area contributed by atoms with Crippen molar-refractivity contribution < 1.29 is 26.8 Å². The minimum Gasteiger partial charge on any atom is -0.379 e. The first-order chi connectivity index (χ1) is 11.2. The molecule has 0 saturated carbocycles. The predicted octanol–water partition coefficient (Wildman–Crippen LogP) is 1.08. The van der Waals surface area contributed by atoms with Crippen LogP contribution in [0.25, 0.3) is 0 Å². The number of nitrogens with zero attached hydrogens (tertiary/aromatic N) is 3. The second kappa shape index (κ2) is 5.87. The molecule has 1 N–H and O–H groups in total. The molecular formula is C14H15F2N3O4S. The summed E-state index contributed by atoms with van der Waals surface area (Å²) < 4.78 is 58.1. The Morgan fingerprint density at radius 2 is 2.04 bits per heavy atom. The first kappa shape index (κ1) is 16.9. The lowest BCUT2D eigenvalue weighted by Crippen LogP contribution is -2.35. The first-order valence-electron chi connectivity index (χ1n) is 7.15. The molecule has 0 amide bonds. The van der Waals surface area contributed by atoms with Gasteiger partial charge in [-0.15, -0.1) is 0 Å². The molecular weight excluding hydrogens is 344 g/mol. The molecule has 1 atom stereocenters. The van der Waals surface area contributed by atoms with Crippen LogP contribution in [0.4, 0.5) is 8.78 Å². The molecule has 2 heterocycles. The van der Waals surface area contributed by atoms with Gasteiger partial charge in [-0.1, -0.05) is 11.2 Å². The van der Waals surface area contributed by atoms with Crippen LogP contribution in [-0.2, 0) is 21.4 Å². The molecule has 1 aliphatic rings. The standard InChI is InChI=1S/C14H15F2N3O4S/c1-9-17-13(23-18-9)14(20)5-6-19(8-14)24(21,22)7-10-11(15)3-2-4-12(10)16/h2-4,20H,5-8H2,1H3. The number of aromatic nitrogens is 2. The van der Waals surface area contributed by atoms with Crippen molar-refractivity contribution >= 4 is 10.0 Å². The van der Waals surface area contributed by atoms with E-state index in [9.17, 15) is 22.3 Å². The maximum Gasteiger partial charge on any atom is 0.260 e. The average molecular weight is 359 g/mol. The van der Waals surface area contributed by atoms with Gasteiger partial charge in [0.05, 0.1) is 12.3 Å². The van der Waals surface area contributed by atoms with Crippen molar-refractivity contribution in [2.45, 2.75) is 24.7 Å². The molecule has 0 radical (unpaired) electrons. The van der Waals surface area contributed by atoms with E-state index in [0.717, 1.165) is 22.5 Å². The number of aliphatic hydroxyl groups is 1. The Hall–Kier alpha value is -1.91. The molecule has 10 heteroatoms. The van der Waals surface area contributed by atoms with Crippen molar-refractivity contribution in [3.8, 4) is 0 Å². The molecule has 1 unspecified atom stereocenters. The Kier molecular flexibility index (Phi) is 4.14. The first-order valence-corrected chi connectivity index (χ1v) is 8.76. The van der Waals surface area contributed by atoms with Crippen LogP contribution in [0.5, 0.6) is 0 Å². The normalized spacial score (nSPS) is 22.2. The fourth-order valence-corrected chi connectivity index (χ4v) is 4.20. The number of hydrogen-bond donors (Lipinski definition) is 1. The van der Waals surface area contributed by atoms with E-state index in [1.54, 1.807) is 6.92 Å². The van der Waals surface area contributed by atoms with E-state index in [2.05, 4.69) is 10.1 Å². The third kappa shape index (κ3) is 3.04. The molecule has 2 aromatic rings. The Balaban J connectivity index is 1.82. The predicted molar refractivity (Wildman–Crippen MR) is 78.1 cm³/mol. The van der Waals surface area contributed by atoms with Gasteiger partial charge in [-0.3, -0.25) is 0 Å². The van der Waals surface area contributed by atoms with E-state index in [1.807, 2.05) is 0 Å². The lowest BCUT2D eigenvalue weighted by Gasteiger charge is -2.20. The summed E-state index contributed by atoms with van der Waals surface area (Å²) >= 11 is 0. The third-order valence-electron chi connectivity index (χ3n) is 3.92. The second-order valence-electron chi connectivity index (χ2n) is 5.72. The van der Waals surface area contributed by atoms with E-state index in [4.69, 9.17) is 4.52 Å². The van der Waals surface area contributed by atoms with Crippen LogP contribution in [0.3, 0.4) is 0 Å². The van der Waals surface area contributed by atoms with Crippen LogP contribution in [0.2, 0.25) is 0 Å². The quantitative estimate of drug-likeness (QED) is 0.877. The van der Waals surface area contributed by atoms with Crippen molar-refractivity contribution in [3.63, 3.8) is 0 Å². The lowest BCUT2D eigenvalue weighted by atomic mass is 10.0. The van der Waals surface area contributed by atoms with Gasteiger partial charge < -0.3 is 9.63 Å². The van der Waals surface area contributed by atoms with E-state index in [-0.39, 0.29) is 25.4 Å². The lowest BCUT2D eigenvalue weighted by molar-refractivity contribution is 0.0194. The summed E-state index contributed by atoms with van der Waals surface area (Å²) in [6.45, 7) is 1.24. The third-order valence-corrected chi connectivity index (χ3v) is 5.67. The molecule has 24 heavy (non-hydrogen) atoms. The number of rotatable bonds is 4. The van der Waals surface area contributed by atoms with E-state index in [1.165, 1.54) is 0 Å². The summed E-state index contributed by atoms with van der Waals surface area (Å²) in [6.07, 6.45) is 0.0492. The van der Waals surface area contributed by atoms with E-state index in [0.29, 0.717) is 5.82 Å². The van der Waals surface area contributed by atoms with Crippen LogP contribution in [0, 0.1) is 18.6 Å². The fraction of sp³-hybridized carbons (Fsp3) is 0.429. The minimum atomic E-state index is -4.03. The van der Waals surface area contributed by atoms with E-state index < -0.39 is 38.6 Å². The monoisotopic (exact) mass is 359 g/mol. The SMILES string of the molecule is Cc1noc(C2(O)CCN(S(=O)(=O)Cc3c(F)cccc3F)C2)n1. The molecule has 3 rings (SSSR count). The second-order valence-corrected chi connectivity index (χ2v) is 7.69. The van der Waals surface area contributed by atoms with Crippen molar-refractivity contribution in [1.82, 2.24) is 14.4 Å². The summed E-state index contributed by atoms with van der Waals surface area (Å²) in [7, 11) is -4.03. The number of sulfonamides is 1. The Bertz CT molecular complexity index is 850. The van der Waals surface area contributed by atoms with Crippen molar-refractivity contribution in [2.24, 2.45) is 0 Å². The highest BCUT2D eigenvalue weighted by Gasteiger charge is 2.46. The molecule has 7 nitrogen and oxygen atoms in total. The van der Waals surface area contributed by atoms with Gasteiger partial charge in [-0.05, 0) is 19.1 Å². The average Bonchev–Trinajstić information content (AvgIpc) is 3.11. The van der Waals surface area contributed by atoms with Gasteiger partial charge in [0.15, 0.2) is 11.4 Å². The maximum atomic E-state index is 13.7. The van der Waals surface area contributed by atoms with Gasteiger partial charge in [0, 0.05) is 18.5 Å². The molecule has 1 saturated heterocycles. The smallest absolute Gasteiger partial charge is 0.260 e. The minimum absolute atomic E-state index is 0.0175. The van der Waals surface area contributed by atoms with Gasteiger partial charge in [0.25, 0.3) is 5.89 Å². The highest BCUT2D eigenvalue weighted by Crippen LogP contribution is 2.33. The Morgan fingerprint density at radius 3 is 2.62 bits per heavy atom. The zero-order valence-electron chi connectivity index (χ0n) is 12.7. The Labute approximate surface area is 137 Å². The number of aryl methyl sites for hydroxylation is 1. The Morgan fingerprint density at radius 1 is 1.38 bits per heavy atom. The molecule has 1 fully saturated rings. The summed E-state index contributed by atoms with van der Waals surface area (Å²) in [5, 5.41) is 14.1. The molecule has 1 aromatic heterocycles. The van der Waals surface area contributed by atoms with E-state index >= 15 is 0 Å². The van der Waals surface area contributed by atoms with Gasteiger partial charge >= 0.3 is 0 Å². The zero-order valence-corrected chi connectivity index (χ0v) is 13.6. The molecule has 0 spiro atoms. The summed E-state index contributed by atoms with van der Waals surface area (Å²) in [4.78, 5) is 3.92. The van der Waals surface area contributed by atoms with Crippen LogP contribution in [-0.4, -0.2) is 41.1 Å². The fourth-order valence-electron chi connectivity index (χ4n) is 2.60. The van der Waals surface area contributed by atoms with Gasteiger partial charge in [0.2, 0.25) is 10.0 Å². The highest BCUT2D eigenvalue weighted by molar-refractivity contribution is 7.88. The van der Waals surface area contributed by atoms with Gasteiger partial charge in [-0.2, -0.15) is 9.29 Å². The van der Waals surface area contributed by atoms with Gasteiger partial charge in [0.1, 0.15) is 11.6 Å². The molecule has 0 aliphatic carbocycles. The highest BCUT2D eigenvalue weighted by atomic mass is 32.2. The van der Waals surface area contributed by atoms with Crippen LogP contribution >= 0.6 is 0 Å². The van der Waals surface area contributed by atoms with Crippen molar-refractivity contribution in [1.29, 1.82) is 0 Å². The molecule has 0 bridgehead atoms. The van der Waals surface area contributed by atoms with Gasteiger partial charge in [-0.25, -0.2) is 17.2 Å². The molecule has 130 valence electrons. The van der Waals surface area contributed by atoms with Crippen LogP contribution in [0.15, 0.2) is 22.7 Å². The maximum absolute atomic E-state index is 13.7. The molecule has 1 aliphatic heterocycles. The van der Waals surface area contributed by atoms with Crippen molar-refractivity contribution in [2.75, 3.05) is 13.1 Å². The number of benzene rings is 1.